The van der Waals surface area contributed by atoms with Gasteiger partial charge in [-0.05, 0) is 194 Å². The Morgan fingerprint density at radius 3 is 0.974 bits per heavy atom. The number of allylic oxidation sites excluding steroid dienone is 12. The fourth-order valence-corrected chi connectivity index (χ4v) is 7.61. The summed E-state index contributed by atoms with van der Waals surface area (Å²) in [6.45, 7) is 39.9. The molecular weight excluding hydrogens is 951 g/mol. The second kappa shape index (κ2) is 64.4. The number of hydrogen-bond acceptors (Lipinski definition) is 8. The molecule has 0 aliphatic heterocycles. The fraction of sp³-hybridized carbons (Fsp3) is 0.706. The quantitative estimate of drug-likeness (QED) is 0.0196. The van der Waals surface area contributed by atoms with Gasteiger partial charge in [-0.3, -0.25) is 0 Å². The molecule has 0 aliphatic rings. The van der Waals surface area contributed by atoms with Gasteiger partial charge in [-0.2, -0.15) is 0 Å². The second-order valence-electron chi connectivity index (χ2n) is 22.2. The molecule has 0 amide bonds. The number of unbranched alkanes of at least 4 members (excludes halogenated alkanes) is 6. The summed E-state index contributed by atoms with van der Waals surface area (Å²) in [4.78, 5) is 8.77. The average Bonchev–Trinajstić information content (AvgIpc) is 3.36. The van der Waals surface area contributed by atoms with E-state index >= 15 is 0 Å². The molecule has 0 radical (unpaired) electrons. The third kappa shape index (κ3) is 72.3. The van der Waals surface area contributed by atoms with Crippen LogP contribution in [0.2, 0.25) is 0 Å². The smallest absolute Gasteiger partial charge is 0.377 e. The minimum Gasteiger partial charge on any atom is -0.377 e. The number of rotatable bonds is 48. The van der Waals surface area contributed by atoms with Crippen LogP contribution >= 0.6 is 0 Å². The van der Waals surface area contributed by atoms with Gasteiger partial charge in [0, 0.05) is 26.4 Å². The summed E-state index contributed by atoms with van der Waals surface area (Å²) in [5.74, 6) is 0. The Bertz CT molecular complexity index is 1580. The Balaban J connectivity index is -0.000000374. The van der Waals surface area contributed by atoms with Crippen molar-refractivity contribution >= 4 is 0 Å². The largest absolute Gasteiger partial charge is 1.00 e. The topological polar surface area (TPSA) is 49.9 Å². The Hall–Kier alpha value is -1.73. The molecule has 0 aromatic carbocycles. The molecular formula is C68H126Li2N4O4. The van der Waals surface area contributed by atoms with E-state index in [-0.39, 0.29) is 37.7 Å². The number of nitrogens with zero attached hydrogens (tertiary/aromatic N) is 4. The minimum atomic E-state index is 0. The summed E-state index contributed by atoms with van der Waals surface area (Å²) >= 11 is 0. The van der Waals surface area contributed by atoms with Gasteiger partial charge in [0.1, 0.15) is 0 Å². The number of ether oxygens (including phenoxy) is 4. The molecule has 0 unspecified atom stereocenters. The predicted molar refractivity (Wildman–Crippen MR) is 340 cm³/mol. The van der Waals surface area contributed by atoms with Gasteiger partial charge in [0.15, 0.2) is 0 Å². The first-order valence-electron chi connectivity index (χ1n) is 29.9. The van der Waals surface area contributed by atoms with Crippen molar-refractivity contribution in [2.45, 2.75) is 183 Å². The van der Waals surface area contributed by atoms with Crippen molar-refractivity contribution < 1.29 is 56.7 Å². The summed E-state index contributed by atoms with van der Waals surface area (Å²) in [5, 5.41) is 0. The van der Waals surface area contributed by atoms with Gasteiger partial charge in [-0.1, -0.05) is 148 Å². The van der Waals surface area contributed by atoms with Crippen LogP contribution in [0.3, 0.4) is 0 Å². The molecule has 78 heavy (non-hydrogen) atoms. The summed E-state index contributed by atoms with van der Waals surface area (Å²) < 4.78 is 22.9. The summed E-state index contributed by atoms with van der Waals surface area (Å²) in [7, 11) is 16.8. The van der Waals surface area contributed by atoms with Crippen molar-refractivity contribution in [2.24, 2.45) is 0 Å². The minimum absolute atomic E-state index is 0. The summed E-state index contributed by atoms with van der Waals surface area (Å²) in [6.07, 6.45) is 43.5. The Morgan fingerprint density at radius 1 is 0.385 bits per heavy atom. The van der Waals surface area contributed by atoms with Gasteiger partial charge in [-0.15, -0.1) is 6.42 Å². The molecule has 8 nitrogen and oxygen atoms in total. The van der Waals surface area contributed by atoms with Gasteiger partial charge in [0.2, 0.25) is 0 Å². The summed E-state index contributed by atoms with van der Waals surface area (Å²) in [6, 6.07) is 0. The van der Waals surface area contributed by atoms with Crippen LogP contribution in [0.1, 0.15) is 183 Å². The third-order valence-electron chi connectivity index (χ3n) is 12.4. The molecule has 0 N–H and O–H groups in total. The van der Waals surface area contributed by atoms with E-state index in [0.717, 1.165) is 174 Å². The molecule has 0 spiro atoms. The van der Waals surface area contributed by atoms with Gasteiger partial charge >= 0.3 is 37.7 Å². The number of hydrogen-bond donors (Lipinski definition) is 0. The van der Waals surface area contributed by atoms with Crippen LogP contribution in [-0.2, 0) is 18.9 Å². The van der Waals surface area contributed by atoms with Crippen LogP contribution in [0, 0.1) is 13.8 Å². The Kier molecular flexibility index (Phi) is 70.3. The molecule has 10 heteroatoms. The van der Waals surface area contributed by atoms with E-state index in [2.05, 4.69) is 187 Å². The second-order valence-corrected chi connectivity index (χ2v) is 22.2. The molecule has 0 atom stereocenters. The van der Waals surface area contributed by atoms with E-state index in [1.165, 1.54) is 84.8 Å². The van der Waals surface area contributed by atoms with Crippen molar-refractivity contribution in [3.05, 3.63) is 120 Å². The van der Waals surface area contributed by atoms with Crippen molar-refractivity contribution in [1.29, 1.82) is 0 Å². The van der Waals surface area contributed by atoms with Crippen molar-refractivity contribution in [2.75, 3.05) is 135 Å². The average molecular weight is 1080 g/mol. The van der Waals surface area contributed by atoms with E-state index < -0.39 is 0 Å². The zero-order chi connectivity index (χ0) is 57.5. The Morgan fingerprint density at radius 2 is 0.667 bits per heavy atom. The molecule has 0 aromatic heterocycles. The molecule has 0 saturated heterocycles. The maximum Gasteiger partial charge on any atom is 1.00 e. The predicted octanol–water partition coefficient (Wildman–Crippen LogP) is 10.9. The summed E-state index contributed by atoms with van der Waals surface area (Å²) in [5.41, 5.74) is 10.5. The monoisotopic (exact) mass is 1080 g/mol. The first kappa shape index (κ1) is 85.1. The first-order valence-corrected chi connectivity index (χ1v) is 29.9. The molecule has 0 rings (SSSR count). The molecule has 0 heterocycles. The van der Waals surface area contributed by atoms with Crippen LogP contribution in [0.4, 0.5) is 0 Å². The zero-order valence-electron chi connectivity index (χ0n) is 54.9. The Labute approximate surface area is 511 Å². The van der Waals surface area contributed by atoms with Gasteiger partial charge < -0.3 is 38.5 Å². The van der Waals surface area contributed by atoms with Crippen LogP contribution < -0.4 is 37.7 Å². The standard InChI is InChI=1S/C34H63N2O2.C19H36NO.C15H27NO.2Li/c1-9-10-11-12-22-34(24-15-21-33(4)30-38-28-17-26-36(7)8)23-14-19-31(2)18-13-20-32(3)29-37-27-16-25-35(5)6;1-6-7-8-9-12-18(2)13-10-14-19(3)17-21-16-11-15-20(4)5;1-6-14(2)9-7-10-15(3)13-17-12-8-11-16(4)5;;/h19-22H,2,9-18,23-30H2,1,3-8H3;12,14H,2,6-11,13,15-17H2,1,3-5H3;6,10H,1-2,7-9,11-13H2,3-5H3;;/q2*-1;;2*+1/b31-19-,32-20-,33-21-,34-22-;18-12-,19-14-;15-10-;;. The SMILES string of the molecule is C=CC(=C)CC/C=C(/C)COCCCN(C)C.[CH2-]/C(=C/CC/C(=C/CCCCC)CC/C=C(/C)COCCCN(C)C)CC/C=C(/C)COCCCN(C)C.[CH2-]/C(=C/CCCCC)CC/C=C(/C)COCCCN(C)C.[Li+].[Li+]. The third-order valence-corrected chi connectivity index (χ3v) is 12.4. The van der Waals surface area contributed by atoms with E-state index in [9.17, 15) is 0 Å². The van der Waals surface area contributed by atoms with Gasteiger partial charge in [-0.25, -0.2) is 37.1 Å². The maximum atomic E-state index is 5.83. The van der Waals surface area contributed by atoms with E-state index in [4.69, 9.17) is 18.9 Å². The molecule has 444 valence electrons. The van der Waals surface area contributed by atoms with Crippen LogP contribution in [-0.4, -0.2) is 155 Å². The molecule has 0 bridgehead atoms. The normalized spacial score (nSPS) is 12.9. The van der Waals surface area contributed by atoms with E-state index in [1.807, 2.05) is 6.08 Å². The van der Waals surface area contributed by atoms with Crippen molar-refractivity contribution in [3.8, 4) is 0 Å². The van der Waals surface area contributed by atoms with Crippen molar-refractivity contribution in [3.63, 3.8) is 0 Å². The maximum absolute atomic E-state index is 5.83. The van der Waals surface area contributed by atoms with Crippen LogP contribution in [0.25, 0.3) is 0 Å². The van der Waals surface area contributed by atoms with Gasteiger partial charge in [0.05, 0.1) is 26.4 Å². The van der Waals surface area contributed by atoms with Crippen molar-refractivity contribution in [1.82, 2.24) is 19.6 Å². The van der Waals surface area contributed by atoms with E-state index in [0.29, 0.717) is 0 Å². The van der Waals surface area contributed by atoms with Crippen LogP contribution in [0.15, 0.2) is 106 Å². The fourth-order valence-electron chi connectivity index (χ4n) is 7.61. The zero-order valence-corrected chi connectivity index (χ0v) is 54.9. The first-order chi connectivity index (χ1) is 36.4. The van der Waals surface area contributed by atoms with Crippen LogP contribution in [0.5, 0.6) is 0 Å². The molecule has 0 aliphatic carbocycles. The van der Waals surface area contributed by atoms with Gasteiger partial charge in [0.25, 0.3) is 0 Å². The molecule has 0 fully saturated rings. The van der Waals surface area contributed by atoms with E-state index in [1.54, 1.807) is 5.57 Å². The molecule has 0 saturated carbocycles. The molecule has 0 aromatic rings.